The first kappa shape index (κ1) is 13.0. The summed E-state index contributed by atoms with van der Waals surface area (Å²) in [6, 6.07) is 15.7. The average Bonchev–Trinajstić information content (AvgIpc) is 2.40. The van der Waals surface area contributed by atoms with Gasteiger partial charge in [0.05, 0.1) is 0 Å². The summed E-state index contributed by atoms with van der Waals surface area (Å²) in [7, 11) is 0. The Kier molecular flexibility index (Phi) is 3.76. The Bertz CT molecular complexity index is 605. The number of carbonyl (C=O) groups excluding carboxylic acids is 2. The van der Waals surface area contributed by atoms with E-state index in [0.717, 1.165) is 0 Å². The largest absolute Gasteiger partial charge is 0.369 e. The molecule has 0 aliphatic carbocycles. The Morgan fingerprint density at radius 3 is 2.11 bits per heavy atom. The van der Waals surface area contributed by atoms with Crippen LogP contribution >= 0.6 is 0 Å². The molecule has 0 aromatic heterocycles. The number of hydrogen-bond acceptors (Lipinski definition) is 2. The third-order valence-corrected chi connectivity index (χ3v) is 2.96. The zero-order chi connectivity index (χ0) is 13.8. The van der Waals surface area contributed by atoms with Crippen molar-refractivity contribution in [2.24, 2.45) is 5.73 Å². The van der Waals surface area contributed by atoms with Crippen LogP contribution in [0.1, 0.15) is 27.4 Å². The van der Waals surface area contributed by atoms with Crippen LogP contribution in [0, 0.1) is 6.92 Å². The average molecular weight is 252 g/mol. The lowest BCUT2D eigenvalue weighted by Crippen LogP contribution is -2.28. The van der Waals surface area contributed by atoms with Gasteiger partial charge in [0.2, 0.25) is 5.91 Å². The number of nitrogens with two attached hydrogens (primary N) is 1. The number of carbonyl (C=O) groups is 2. The number of ketones is 1. The van der Waals surface area contributed by atoms with Gasteiger partial charge in [-0.05, 0) is 18.1 Å². The SMILES string of the molecule is [CH2]c1ccccc1C(=O)C(C(N)=O)c1ccccc1. The Labute approximate surface area is 112 Å². The minimum absolute atomic E-state index is 0.315. The first-order valence-electron chi connectivity index (χ1n) is 5.90. The van der Waals surface area contributed by atoms with Crippen molar-refractivity contribution in [3.63, 3.8) is 0 Å². The zero-order valence-electron chi connectivity index (χ0n) is 10.4. The molecule has 3 nitrogen and oxygen atoms in total. The molecule has 1 amide bonds. The molecule has 0 saturated heterocycles. The molecule has 2 rings (SSSR count). The molecule has 0 bridgehead atoms. The van der Waals surface area contributed by atoms with Gasteiger partial charge in [-0.3, -0.25) is 9.59 Å². The summed E-state index contributed by atoms with van der Waals surface area (Å²) in [5.41, 5.74) is 7.00. The molecular formula is C16H14NO2. The second-order valence-corrected chi connectivity index (χ2v) is 4.27. The highest BCUT2D eigenvalue weighted by atomic mass is 16.2. The number of rotatable bonds is 4. The third-order valence-electron chi connectivity index (χ3n) is 2.96. The van der Waals surface area contributed by atoms with Crippen LogP contribution in [0.4, 0.5) is 0 Å². The van der Waals surface area contributed by atoms with Gasteiger partial charge in [0.15, 0.2) is 5.78 Å². The fraction of sp³-hybridized carbons (Fsp3) is 0.0625. The molecular weight excluding hydrogens is 238 g/mol. The summed E-state index contributed by atoms with van der Waals surface area (Å²) >= 11 is 0. The second kappa shape index (κ2) is 5.48. The summed E-state index contributed by atoms with van der Waals surface area (Å²) < 4.78 is 0. The van der Waals surface area contributed by atoms with Gasteiger partial charge in [0.1, 0.15) is 5.92 Å². The van der Waals surface area contributed by atoms with Gasteiger partial charge in [0.25, 0.3) is 0 Å². The molecule has 19 heavy (non-hydrogen) atoms. The molecule has 0 aliphatic rings. The van der Waals surface area contributed by atoms with Crippen LogP contribution in [-0.2, 0) is 4.79 Å². The van der Waals surface area contributed by atoms with E-state index in [4.69, 9.17) is 5.73 Å². The van der Waals surface area contributed by atoms with E-state index in [9.17, 15) is 9.59 Å². The van der Waals surface area contributed by atoms with Crippen LogP contribution in [0.25, 0.3) is 0 Å². The van der Waals surface area contributed by atoms with Crippen LogP contribution in [0.2, 0.25) is 0 Å². The molecule has 2 aromatic rings. The van der Waals surface area contributed by atoms with Gasteiger partial charge in [0, 0.05) is 5.56 Å². The Hall–Kier alpha value is -2.42. The maximum Gasteiger partial charge on any atom is 0.232 e. The topological polar surface area (TPSA) is 60.2 Å². The standard InChI is InChI=1S/C16H14NO2/c1-11-7-5-6-10-13(11)15(18)14(16(17)19)12-8-3-2-4-9-12/h2-10,14H,1H2,(H2,17,19). The first-order valence-corrected chi connectivity index (χ1v) is 5.90. The minimum atomic E-state index is -0.968. The molecule has 3 heteroatoms. The maximum absolute atomic E-state index is 12.5. The molecule has 0 spiro atoms. The lowest BCUT2D eigenvalue weighted by atomic mass is 9.88. The number of Topliss-reactive ketones (excluding diaryl/α,β-unsaturated/α-hetero) is 1. The first-order chi connectivity index (χ1) is 9.11. The molecule has 0 saturated carbocycles. The second-order valence-electron chi connectivity index (χ2n) is 4.27. The van der Waals surface area contributed by atoms with Crippen molar-refractivity contribution in [3.8, 4) is 0 Å². The molecule has 2 aromatic carbocycles. The molecule has 1 atom stereocenters. The van der Waals surface area contributed by atoms with Gasteiger partial charge in [-0.25, -0.2) is 0 Å². The fourth-order valence-electron chi connectivity index (χ4n) is 2.01. The van der Waals surface area contributed by atoms with Gasteiger partial charge in [-0.15, -0.1) is 0 Å². The van der Waals surface area contributed by atoms with E-state index >= 15 is 0 Å². The highest BCUT2D eigenvalue weighted by molar-refractivity contribution is 6.14. The normalized spacial score (nSPS) is 11.8. The number of benzene rings is 2. The van der Waals surface area contributed by atoms with E-state index in [0.29, 0.717) is 16.7 Å². The summed E-state index contributed by atoms with van der Waals surface area (Å²) in [5.74, 6) is -1.94. The van der Waals surface area contributed by atoms with Gasteiger partial charge in [-0.2, -0.15) is 0 Å². The van der Waals surface area contributed by atoms with Crippen molar-refractivity contribution >= 4 is 11.7 Å². The lowest BCUT2D eigenvalue weighted by Gasteiger charge is -2.14. The number of primary amides is 1. The Morgan fingerprint density at radius 2 is 1.53 bits per heavy atom. The van der Waals surface area contributed by atoms with Crippen LogP contribution in [0.15, 0.2) is 54.6 Å². The predicted molar refractivity (Wildman–Crippen MR) is 73.6 cm³/mol. The predicted octanol–water partition coefficient (Wildman–Crippen LogP) is 2.32. The number of amides is 1. The molecule has 0 aliphatic heterocycles. The highest BCUT2D eigenvalue weighted by Gasteiger charge is 2.27. The summed E-state index contributed by atoms with van der Waals surface area (Å²) in [6.07, 6.45) is 0. The smallest absolute Gasteiger partial charge is 0.232 e. The van der Waals surface area contributed by atoms with E-state index in [1.165, 1.54) is 0 Å². The minimum Gasteiger partial charge on any atom is -0.369 e. The van der Waals surface area contributed by atoms with Crippen molar-refractivity contribution in [2.45, 2.75) is 5.92 Å². The van der Waals surface area contributed by atoms with E-state index in [2.05, 4.69) is 6.92 Å². The van der Waals surface area contributed by atoms with Crippen LogP contribution in [0.5, 0.6) is 0 Å². The molecule has 95 valence electrons. The van der Waals surface area contributed by atoms with Gasteiger partial charge >= 0.3 is 0 Å². The van der Waals surface area contributed by atoms with Crippen LogP contribution < -0.4 is 5.73 Å². The van der Waals surface area contributed by atoms with E-state index in [1.807, 2.05) is 6.07 Å². The van der Waals surface area contributed by atoms with Crippen molar-refractivity contribution in [3.05, 3.63) is 78.2 Å². The molecule has 0 fully saturated rings. The summed E-state index contributed by atoms with van der Waals surface area (Å²) in [6.45, 7) is 3.80. The fourth-order valence-corrected chi connectivity index (χ4v) is 2.01. The van der Waals surface area contributed by atoms with E-state index in [1.54, 1.807) is 48.5 Å². The Morgan fingerprint density at radius 1 is 0.947 bits per heavy atom. The third kappa shape index (κ3) is 2.71. The Balaban J connectivity index is 2.44. The quantitative estimate of drug-likeness (QED) is 0.670. The highest BCUT2D eigenvalue weighted by Crippen LogP contribution is 2.22. The molecule has 1 unspecified atom stereocenters. The van der Waals surface area contributed by atoms with Crippen molar-refractivity contribution in [1.29, 1.82) is 0 Å². The monoisotopic (exact) mass is 252 g/mol. The van der Waals surface area contributed by atoms with Crippen LogP contribution in [0.3, 0.4) is 0 Å². The maximum atomic E-state index is 12.5. The zero-order valence-corrected chi connectivity index (χ0v) is 10.4. The van der Waals surface area contributed by atoms with Gasteiger partial charge < -0.3 is 5.73 Å². The van der Waals surface area contributed by atoms with Crippen LogP contribution in [-0.4, -0.2) is 11.7 Å². The molecule has 0 heterocycles. The molecule has 1 radical (unpaired) electrons. The van der Waals surface area contributed by atoms with Crippen molar-refractivity contribution in [1.82, 2.24) is 0 Å². The van der Waals surface area contributed by atoms with E-state index < -0.39 is 11.8 Å². The van der Waals surface area contributed by atoms with Crippen molar-refractivity contribution in [2.75, 3.05) is 0 Å². The van der Waals surface area contributed by atoms with Gasteiger partial charge in [-0.1, -0.05) is 54.6 Å². The summed E-state index contributed by atoms with van der Waals surface area (Å²) in [4.78, 5) is 24.1. The van der Waals surface area contributed by atoms with Crippen molar-refractivity contribution < 1.29 is 9.59 Å². The lowest BCUT2D eigenvalue weighted by molar-refractivity contribution is -0.118. The molecule has 2 N–H and O–H groups in total. The van der Waals surface area contributed by atoms with E-state index in [-0.39, 0.29) is 5.78 Å². The summed E-state index contributed by atoms with van der Waals surface area (Å²) in [5, 5.41) is 0. The number of hydrogen-bond donors (Lipinski definition) is 1.